The number of halogens is 3. The summed E-state index contributed by atoms with van der Waals surface area (Å²) in [5.41, 5.74) is 4.87. The van der Waals surface area contributed by atoms with Crippen LogP contribution in [0, 0.1) is 5.41 Å². The van der Waals surface area contributed by atoms with Gasteiger partial charge in [0.1, 0.15) is 0 Å². The molecule has 18 heavy (non-hydrogen) atoms. The van der Waals surface area contributed by atoms with Crippen LogP contribution in [0.4, 0.5) is 13.2 Å². The standard InChI is InChI=1S/C13H17F3N2/c1-12(2,3)11(17)18-8-9-6-4-5-7-10(9)13(14,15)16/h4-7H,8H2,1-3H3,(H2,17,18). The molecule has 0 saturated carbocycles. The molecule has 0 heterocycles. The summed E-state index contributed by atoms with van der Waals surface area (Å²) in [6.07, 6.45) is -4.36. The Kier molecular flexibility index (Phi) is 4.04. The molecular formula is C13H17F3N2. The Balaban J connectivity index is 3.00. The summed E-state index contributed by atoms with van der Waals surface area (Å²) in [4.78, 5) is 4.03. The van der Waals surface area contributed by atoms with Crippen LogP contribution in [0.3, 0.4) is 0 Å². The fourth-order valence-electron chi connectivity index (χ4n) is 1.34. The minimum absolute atomic E-state index is 0.0568. The molecule has 0 aliphatic heterocycles. The van der Waals surface area contributed by atoms with E-state index in [1.165, 1.54) is 12.1 Å². The lowest BCUT2D eigenvalue weighted by Gasteiger charge is -2.18. The molecule has 1 aromatic rings. The molecule has 0 unspecified atom stereocenters. The van der Waals surface area contributed by atoms with Crippen LogP contribution in [0.15, 0.2) is 29.3 Å². The van der Waals surface area contributed by atoms with E-state index in [1.807, 2.05) is 20.8 Å². The van der Waals surface area contributed by atoms with Gasteiger partial charge in [-0.25, -0.2) is 0 Å². The Hall–Kier alpha value is -1.52. The zero-order chi connectivity index (χ0) is 14.0. The first-order valence-corrected chi connectivity index (χ1v) is 5.58. The third-order valence-electron chi connectivity index (χ3n) is 2.51. The average Bonchev–Trinajstić information content (AvgIpc) is 2.23. The Labute approximate surface area is 105 Å². The predicted molar refractivity (Wildman–Crippen MR) is 66.2 cm³/mol. The minimum Gasteiger partial charge on any atom is -0.387 e. The molecule has 5 heteroatoms. The van der Waals surface area contributed by atoms with Gasteiger partial charge in [0.2, 0.25) is 0 Å². The third kappa shape index (κ3) is 3.75. The van der Waals surface area contributed by atoms with Crippen LogP contribution in [0.5, 0.6) is 0 Å². The van der Waals surface area contributed by atoms with E-state index in [2.05, 4.69) is 4.99 Å². The largest absolute Gasteiger partial charge is 0.416 e. The van der Waals surface area contributed by atoms with Gasteiger partial charge >= 0.3 is 6.18 Å². The van der Waals surface area contributed by atoms with Gasteiger partial charge in [0.05, 0.1) is 17.9 Å². The molecule has 0 fully saturated rings. The predicted octanol–water partition coefficient (Wildman–Crippen LogP) is 3.61. The van der Waals surface area contributed by atoms with E-state index in [9.17, 15) is 13.2 Å². The van der Waals surface area contributed by atoms with E-state index in [1.54, 1.807) is 6.07 Å². The van der Waals surface area contributed by atoms with E-state index in [0.717, 1.165) is 6.07 Å². The van der Waals surface area contributed by atoms with Gasteiger partial charge in [0.15, 0.2) is 0 Å². The maximum Gasteiger partial charge on any atom is 0.416 e. The minimum atomic E-state index is -4.36. The zero-order valence-corrected chi connectivity index (χ0v) is 10.7. The van der Waals surface area contributed by atoms with E-state index < -0.39 is 11.7 Å². The maximum absolute atomic E-state index is 12.7. The second kappa shape index (κ2) is 5.00. The summed E-state index contributed by atoms with van der Waals surface area (Å²) in [7, 11) is 0. The van der Waals surface area contributed by atoms with Crippen molar-refractivity contribution in [2.24, 2.45) is 16.1 Å². The van der Waals surface area contributed by atoms with Crippen molar-refractivity contribution in [3.63, 3.8) is 0 Å². The summed E-state index contributed by atoms with van der Waals surface area (Å²) in [5, 5.41) is 0. The van der Waals surface area contributed by atoms with Crippen molar-refractivity contribution in [3.8, 4) is 0 Å². The summed E-state index contributed by atoms with van der Waals surface area (Å²) in [5.74, 6) is 0.347. The molecule has 100 valence electrons. The molecule has 0 saturated heterocycles. The van der Waals surface area contributed by atoms with Crippen molar-refractivity contribution in [1.29, 1.82) is 0 Å². The van der Waals surface area contributed by atoms with Crippen molar-refractivity contribution in [2.75, 3.05) is 0 Å². The summed E-state index contributed by atoms with van der Waals surface area (Å²) < 4.78 is 38.2. The first-order valence-electron chi connectivity index (χ1n) is 5.58. The monoisotopic (exact) mass is 258 g/mol. The number of amidine groups is 1. The first kappa shape index (κ1) is 14.5. The van der Waals surface area contributed by atoms with Crippen LogP contribution in [0.2, 0.25) is 0 Å². The van der Waals surface area contributed by atoms with Gasteiger partial charge in [-0.2, -0.15) is 13.2 Å². The smallest absolute Gasteiger partial charge is 0.387 e. The number of alkyl halides is 3. The van der Waals surface area contributed by atoms with Crippen LogP contribution in [-0.2, 0) is 12.7 Å². The molecule has 2 nitrogen and oxygen atoms in total. The van der Waals surface area contributed by atoms with E-state index >= 15 is 0 Å². The molecule has 1 rings (SSSR count). The molecule has 0 aliphatic rings. The zero-order valence-electron chi connectivity index (χ0n) is 10.7. The molecule has 0 aromatic heterocycles. The fourth-order valence-corrected chi connectivity index (χ4v) is 1.34. The Bertz CT molecular complexity index is 442. The second-order valence-corrected chi connectivity index (χ2v) is 5.11. The van der Waals surface area contributed by atoms with Crippen LogP contribution >= 0.6 is 0 Å². The molecule has 0 atom stereocenters. The number of benzene rings is 1. The quantitative estimate of drug-likeness (QED) is 0.638. The van der Waals surface area contributed by atoms with Crippen LogP contribution < -0.4 is 5.73 Å². The van der Waals surface area contributed by atoms with Gasteiger partial charge in [-0.3, -0.25) is 4.99 Å². The molecular weight excluding hydrogens is 241 g/mol. The fraction of sp³-hybridized carbons (Fsp3) is 0.462. The molecule has 1 aromatic carbocycles. The third-order valence-corrected chi connectivity index (χ3v) is 2.51. The highest BCUT2D eigenvalue weighted by Gasteiger charge is 2.32. The highest BCUT2D eigenvalue weighted by Crippen LogP contribution is 2.32. The molecule has 0 aliphatic carbocycles. The highest BCUT2D eigenvalue weighted by molar-refractivity contribution is 5.85. The lowest BCUT2D eigenvalue weighted by molar-refractivity contribution is -0.138. The molecule has 0 amide bonds. The lowest BCUT2D eigenvalue weighted by atomic mass is 9.95. The molecule has 2 N–H and O–H groups in total. The lowest BCUT2D eigenvalue weighted by Crippen LogP contribution is -2.29. The van der Waals surface area contributed by atoms with Gasteiger partial charge < -0.3 is 5.73 Å². The van der Waals surface area contributed by atoms with Crippen molar-refractivity contribution in [1.82, 2.24) is 0 Å². The first-order chi connectivity index (χ1) is 8.12. The van der Waals surface area contributed by atoms with Gasteiger partial charge in [-0.05, 0) is 11.6 Å². The average molecular weight is 258 g/mol. The van der Waals surface area contributed by atoms with E-state index in [0.29, 0.717) is 5.84 Å². The number of hydrogen-bond donors (Lipinski definition) is 1. The normalized spacial score (nSPS) is 13.8. The Morgan fingerprint density at radius 2 is 1.72 bits per heavy atom. The topological polar surface area (TPSA) is 38.4 Å². The maximum atomic E-state index is 12.7. The van der Waals surface area contributed by atoms with Gasteiger partial charge in [0.25, 0.3) is 0 Å². The SMILES string of the molecule is CC(C)(C)C(N)=NCc1ccccc1C(F)(F)F. The van der Waals surface area contributed by atoms with Crippen molar-refractivity contribution in [3.05, 3.63) is 35.4 Å². The van der Waals surface area contributed by atoms with Crippen LogP contribution in [0.1, 0.15) is 31.9 Å². The number of rotatable bonds is 2. The Morgan fingerprint density at radius 3 is 2.22 bits per heavy atom. The number of aliphatic imine (C=N–C) groups is 1. The second-order valence-electron chi connectivity index (χ2n) is 5.11. The molecule has 0 spiro atoms. The molecule has 0 bridgehead atoms. The summed E-state index contributed by atoms with van der Waals surface area (Å²) >= 11 is 0. The van der Waals surface area contributed by atoms with Crippen molar-refractivity contribution >= 4 is 5.84 Å². The molecule has 0 radical (unpaired) electrons. The summed E-state index contributed by atoms with van der Waals surface area (Å²) in [6, 6.07) is 5.40. The van der Waals surface area contributed by atoms with Crippen LogP contribution in [-0.4, -0.2) is 5.84 Å². The van der Waals surface area contributed by atoms with Gasteiger partial charge in [0, 0.05) is 5.41 Å². The van der Waals surface area contributed by atoms with Crippen molar-refractivity contribution in [2.45, 2.75) is 33.5 Å². The number of nitrogens with two attached hydrogens (primary N) is 1. The van der Waals surface area contributed by atoms with E-state index in [4.69, 9.17) is 5.73 Å². The highest BCUT2D eigenvalue weighted by atomic mass is 19.4. The van der Waals surface area contributed by atoms with Gasteiger partial charge in [-0.1, -0.05) is 39.0 Å². The van der Waals surface area contributed by atoms with Crippen LogP contribution in [0.25, 0.3) is 0 Å². The van der Waals surface area contributed by atoms with E-state index in [-0.39, 0.29) is 17.5 Å². The van der Waals surface area contributed by atoms with Gasteiger partial charge in [-0.15, -0.1) is 0 Å². The number of hydrogen-bond acceptors (Lipinski definition) is 1. The Morgan fingerprint density at radius 1 is 1.17 bits per heavy atom. The van der Waals surface area contributed by atoms with Crippen molar-refractivity contribution < 1.29 is 13.2 Å². The summed E-state index contributed by atoms with van der Waals surface area (Å²) in [6.45, 7) is 5.53. The number of nitrogens with zero attached hydrogens (tertiary/aromatic N) is 1.